The fourth-order valence-electron chi connectivity index (χ4n) is 2.46. The minimum atomic E-state index is -0.781. The molecular weight excluding hydrogens is 218 g/mol. The molecule has 1 aromatic heterocycles. The van der Waals surface area contributed by atoms with Crippen molar-refractivity contribution in [1.82, 2.24) is 14.9 Å². The Kier molecular flexibility index (Phi) is 3.68. The average molecular weight is 235 g/mol. The number of aliphatic carboxylic acids is 1. The van der Waals surface area contributed by atoms with Gasteiger partial charge >= 0.3 is 5.97 Å². The number of nitrogens with zero attached hydrogens (tertiary/aromatic N) is 3. The van der Waals surface area contributed by atoms with Gasteiger partial charge in [-0.2, -0.15) is 0 Å². The van der Waals surface area contributed by atoms with Gasteiger partial charge < -0.3 is 10.0 Å². The van der Waals surface area contributed by atoms with Gasteiger partial charge in [-0.3, -0.25) is 4.79 Å². The summed E-state index contributed by atoms with van der Waals surface area (Å²) in [5.41, 5.74) is 0. The van der Waals surface area contributed by atoms with Gasteiger partial charge in [0, 0.05) is 24.9 Å². The lowest BCUT2D eigenvalue weighted by Crippen LogP contribution is -2.22. The second kappa shape index (κ2) is 5.23. The number of aromatic nitrogens is 2. The maximum Gasteiger partial charge on any atom is 0.304 e. The van der Waals surface area contributed by atoms with Crippen molar-refractivity contribution in [3.05, 3.63) is 24.3 Å². The van der Waals surface area contributed by atoms with E-state index < -0.39 is 5.97 Å². The van der Waals surface area contributed by atoms with Crippen LogP contribution in [0.1, 0.15) is 24.6 Å². The molecule has 2 rings (SSSR count). The third-order valence-corrected chi connectivity index (χ3v) is 3.31. The second-order valence-corrected chi connectivity index (χ2v) is 4.62. The van der Waals surface area contributed by atoms with Crippen LogP contribution in [0.5, 0.6) is 0 Å². The molecule has 0 radical (unpaired) electrons. The van der Waals surface area contributed by atoms with Crippen molar-refractivity contribution in [3.8, 4) is 0 Å². The molecule has 1 N–H and O–H groups in total. The van der Waals surface area contributed by atoms with E-state index in [0.717, 1.165) is 19.5 Å². The monoisotopic (exact) mass is 235 g/mol. The standard InChI is InChI=1S/C12H17N3O2/c1-15-6-3-9(8-15)10(7-11(16)17)12-13-4-2-5-14-12/h2,4-5,9-10H,3,6-8H2,1H3,(H,16,17). The highest BCUT2D eigenvalue weighted by Crippen LogP contribution is 2.32. The van der Waals surface area contributed by atoms with Gasteiger partial charge in [0.15, 0.2) is 0 Å². The van der Waals surface area contributed by atoms with E-state index in [1.807, 2.05) is 0 Å². The van der Waals surface area contributed by atoms with E-state index in [-0.39, 0.29) is 12.3 Å². The molecule has 1 fully saturated rings. The zero-order valence-electron chi connectivity index (χ0n) is 9.91. The van der Waals surface area contributed by atoms with Gasteiger partial charge in [0.05, 0.1) is 6.42 Å². The maximum atomic E-state index is 11.0. The van der Waals surface area contributed by atoms with Crippen LogP contribution < -0.4 is 0 Å². The highest BCUT2D eigenvalue weighted by Gasteiger charge is 2.32. The van der Waals surface area contributed by atoms with Gasteiger partial charge in [0.1, 0.15) is 5.82 Å². The lowest BCUT2D eigenvalue weighted by Gasteiger charge is -2.20. The fraction of sp³-hybridized carbons (Fsp3) is 0.583. The largest absolute Gasteiger partial charge is 0.481 e. The molecule has 5 heteroatoms. The SMILES string of the molecule is CN1CCC(C(CC(=O)O)c2ncccn2)C1. The molecule has 1 aliphatic rings. The van der Waals surface area contributed by atoms with Gasteiger partial charge in [-0.1, -0.05) is 0 Å². The molecule has 2 atom stereocenters. The minimum Gasteiger partial charge on any atom is -0.481 e. The Bertz CT molecular complexity index is 383. The molecule has 92 valence electrons. The molecule has 0 amide bonds. The van der Waals surface area contributed by atoms with Crippen molar-refractivity contribution >= 4 is 5.97 Å². The van der Waals surface area contributed by atoms with Gasteiger partial charge in [-0.05, 0) is 32.0 Å². The van der Waals surface area contributed by atoms with E-state index in [0.29, 0.717) is 11.7 Å². The summed E-state index contributed by atoms with van der Waals surface area (Å²) in [4.78, 5) is 21.6. The molecule has 1 saturated heterocycles. The molecule has 2 unspecified atom stereocenters. The van der Waals surface area contributed by atoms with Crippen LogP contribution in [-0.2, 0) is 4.79 Å². The Morgan fingerprint density at radius 2 is 2.29 bits per heavy atom. The summed E-state index contributed by atoms with van der Waals surface area (Å²) in [6.07, 6.45) is 4.49. The zero-order valence-corrected chi connectivity index (χ0v) is 9.91. The van der Waals surface area contributed by atoms with E-state index in [1.165, 1.54) is 0 Å². The smallest absolute Gasteiger partial charge is 0.304 e. The predicted octanol–water partition coefficient (Wildman–Crippen LogP) is 0.987. The summed E-state index contributed by atoms with van der Waals surface area (Å²) >= 11 is 0. The first-order valence-electron chi connectivity index (χ1n) is 5.84. The molecule has 1 aliphatic heterocycles. The van der Waals surface area contributed by atoms with E-state index >= 15 is 0 Å². The Morgan fingerprint density at radius 1 is 1.59 bits per heavy atom. The number of carboxylic acids is 1. The van der Waals surface area contributed by atoms with Crippen molar-refractivity contribution in [1.29, 1.82) is 0 Å². The fourth-order valence-corrected chi connectivity index (χ4v) is 2.46. The predicted molar refractivity (Wildman–Crippen MR) is 62.6 cm³/mol. The number of carboxylic acid groups (broad SMARTS) is 1. The molecule has 0 saturated carbocycles. The van der Waals surface area contributed by atoms with Gasteiger partial charge in [0.2, 0.25) is 0 Å². The van der Waals surface area contributed by atoms with Crippen molar-refractivity contribution in [2.45, 2.75) is 18.8 Å². The first-order valence-corrected chi connectivity index (χ1v) is 5.84. The summed E-state index contributed by atoms with van der Waals surface area (Å²) in [7, 11) is 2.06. The topological polar surface area (TPSA) is 66.3 Å². The number of carbonyl (C=O) groups is 1. The lowest BCUT2D eigenvalue weighted by molar-refractivity contribution is -0.137. The Hall–Kier alpha value is -1.49. The molecular formula is C12H17N3O2. The lowest BCUT2D eigenvalue weighted by atomic mass is 9.88. The van der Waals surface area contributed by atoms with Crippen molar-refractivity contribution in [2.75, 3.05) is 20.1 Å². The molecule has 5 nitrogen and oxygen atoms in total. The number of likely N-dealkylation sites (tertiary alicyclic amines) is 1. The van der Waals surface area contributed by atoms with Crippen LogP contribution >= 0.6 is 0 Å². The van der Waals surface area contributed by atoms with Gasteiger partial charge in [-0.15, -0.1) is 0 Å². The van der Waals surface area contributed by atoms with Gasteiger partial charge in [-0.25, -0.2) is 9.97 Å². The first-order chi connectivity index (χ1) is 8.16. The summed E-state index contributed by atoms with van der Waals surface area (Å²) in [5, 5.41) is 9.00. The van der Waals surface area contributed by atoms with Crippen LogP contribution in [0, 0.1) is 5.92 Å². The van der Waals surface area contributed by atoms with Crippen LogP contribution in [0.25, 0.3) is 0 Å². The number of rotatable bonds is 4. The Morgan fingerprint density at radius 3 is 2.82 bits per heavy atom. The Labute approximate surface area is 100 Å². The van der Waals surface area contributed by atoms with E-state index in [2.05, 4.69) is 21.9 Å². The van der Waals surface area contributed by atoms with Crippen molar-refractivity contribution in [2.24, 2.45) is 5.92 Å². The van der Waals surface area contributed by atoms with Crippen LogP contribution in [0.4, 0.5) is 0 Å². The summed E-state index contributed by atoms with van der Waals surface area (Å²) < 4.78 is 0. The van der Waals surface area contributed by atoms with Crippen LogP contribution in [0.2, 0.25) is 0 Å². The summed E-state index contributed by atoms with van der Waals surface area (Å²) in [6, 6.07) is 1.75. The van der Waals surface area contributed by atoms with Crippen molar-refractivity contribution in [3.63, 3.8) is 0 Å². The minimum absolute atomic E-state index is 0.0707. The molecule has 2 heterocycles. The van der Waals surface area contributed by atoms with Crippen molar-refractivity contribution < 1.29 is 9.90 Å². The van der Waals surface area contributed by atoms with Crippen LogP contribution in [0.15, 0.2) is 18.5 Å². The molecule has 0 aliphatic carbocycles. The molecule has 0 bridgehead atoms. The molecule has 0 spiro atoms. The van der Waals surface area contributed by atoms with Crippen LogP contribution in [0.3, 0.4) is 0 Å². The van der Waals surface area contributed by atoms with E-state index in [4.69, 9.17) is 5.11 Å². The van der Waals surface area contributed by atoms with E-state index in [9.17, 15) is 4.79 Å². The van der Waals surface area contributed by atoms with Crippen LogP contribution in [-0.4, -0.2) is 46.1 Å². The first kappa shape index (κ1) is 12.0. The third-order valence-electron chi connectivity index (χ3n) is 3.31. The number of hydrogen-bond acceptors (Lipinski definition) is 4. The van der Waals surface area contributed by atoms with Gasteiger partial charge in [0.25, 0.3) is 0 Å². The summed E-state index contributed by atoms with van der Waals surface area (Å²) in [5.74, 6) is 0.157. The second-order valence-electron chi connectivity index (χ2n) is 4.62. The Balaban J connectivity index is 2.16. The quantitative estimate of drug-likeness (QED) is 0.843. The molecule has 1 aromatic rings. The molecule has 17 heavy (non-hydrogen) atoms. The third kappa shape index (κ3) is 3.00. The maximum absolute atomic E-state index is 11.0. The number of hydrogen-bond donors (Lipinski definition) is 1. The average Bonchev–Trinajstić information content (AvgIpc) is 2.73. The highest BCUT2D eigenvalue weighted by atomic mass is 16.4. The normalized spacial score (nSPS) is 22.5. The molecule has 0 aromatic carbocycles. The highest BCUT2D eigenvalue weighted by molar-refractivity contribution is 5.67. The summed E-state index contributed by atoms with van der Waals surface area (Å²) in [6.45, 7) is 1.95. The van der Waals surface area contributed by atoms with E-state index in [1.54, 1.807) is 18.5 Å². The zero-order chi connectivity index (χ0) is 12.3.